The number of aliphatic hydroxyl groups excluding tert-OH is 1. The molecule has 3 aromatic carbocycles. The van der Waals surface area contributed by atoms with Crippen LogP contribution in [0.15, 0.2) is 66.7 Å². The molecule has 0 radical (unpaired) electrons. The number of benzene rings is 3. The average Bonchev–Trinajstić information content (AvgIpc) is 2.98. The Morgan fingerprint density at radius 1 is 1.00 bits per heavy atom. The molecular formula is C32H33Cl2N2O6-. The van der Waals surface area contributed by atoms with Crippen molar-refractivity contribution in [1.82, 2.24) is 4.90 Å². The molecule has 0 aromatic heterocycles. The maximum atomic E-state index is 14.1. The summed E-state index contributed by atoms with van der Waals surface area (Å²) in [6, 6.07) is 19.2. The van der Waals surface area contributed by atoms with Gasteiger partial charge in [-0.05, 0) is 59.9 Å². The second kappa shape index (κ2) is 13.9. The Hall–Kier alpha value is -3.14. The number of amides is 1. The zero-order valence-corrected chi connectivity index (χ0v) is 24.5. The number of hydrogen-bond acceptors (Lipinski definition) is 5. The summed E-state index contributed by atoms with van der Waals surface area (Å²) in [5.74, 6) is -0.879. The third kappa shape index (κ3) is 6.90. The second-order valence-corrected chi connectivity index (χ2v) is 11.5. The first-order valence-electron chi connectivity index (χ1n) is 14.1. The number of carbonyl (C=O) groups is 2. The maximum Gasteiger partial charge on any atom is 0.341 e. The molecule has 1 saturated carbocycles. The van der Waals surface area contributed by atoms with Crippen molar-refractivity contribution in [2.24, 2.45) is 0 Å². The molecule has 1 aliphatic carbocycles. The second-order valence-electron chi connectivity index (χ2n) is 10.7. The zero-order chi connectivity index (χ0) is 29.6. The SMILES string of the molecule is O=C(O)COc1cccc(CO[N-]CC[C@@H]2c3ccccc3C(=O)N([C@H]3CCCCC3O)[C@H]2c2ccc(Cl)cc2Cl)c1. The number of halogens is 2. The summed E-state index contributed by atoms with van der Waals surface area (Å²) in [5.41, 5.74) is 7.45. The maximum absolute atomic E-state index is 14.1. The molecule has 1 amide bonds. The molecular weight excluding hydrogens is 579 g/mol. The molecule has 222 valence electrons. The minimum Gasteiger partial charge on any atom is -0.534 e. The van der Waals surface area contributed by atoms with Gasteiger partial charge in [-0.3, -0.25) is 4.79 Å². The summed E-state index contributed by atoms with van der Waals surface area (Å²) in [5, 5.41) is 20.9. The molecule has 1 unspecified atom stereocenters. The molecule has 3 aromatic rings. The standard InChI is InChI=1S/C32H33Cl2N2O6/c33-21-12-13-26(27(34)17-21)31-24(14-15-35-42-18-20-6-5-7-22(16-20)41-19-30(38)39)23-8-1-2-9-25(23)32(40)36(31)28-10-3-4-11-29(28)37/h1-2,5-9,12-13,16-17,24,28-29,31,37H,3-4,10-11,14-15,18-19H2,(H,38,39)/q-1/t24-,28+,29?,31-/m1/s1. The van der Waals surface area contributed by atoms with Crippen LogP contribution in [-0.2, 0) is 16.2 Å². The van der Waals surface area contributed by atoms with Crippen LogP contribution >= 0.6 is 23.2 Å². The van der Waals surface area contributed by atoms with Crippen LogP contribution in [0.1, 0.15) is 71.1 Å². The van der Waals surface area contributed by atoms with E-state index in [1.165, 1.54) is 0 Å². The Morgan fingerprint density at radius 3 is 2.60 bits per heavy atom. The zero-order valence-electron chi connectivity index (χ0n) is 23.0. The van der Waals surface area contributed by atoms with Crippen LogP contribution in [0, 0.1) is 0 Å². The highest BCUT2D eigenvalue weighted by Crippen LogP contribution is 2.49. The predicted octanol–water partition coefficient (Wildman–Crippen LogP) is 6.94. The van der Waals surface area contributed by atoms with Gasteiger partial charge in [0.15, 0.2) is 6.61 Å². The van der Waals surface area contributed by atoms with Gasteiger partial charge in [-0.2, -0.15) is 0 Å². The van der Waals surface area contributed by atoms with Gasteiger partial charge in [0.05, 0.1) is 24.8 Å². The van der Waals surface area contributed by atoms with Crippen molar-refractivity contribution in [2.45, 2.75) is 62.8 Å². The van der Waals surface area contributed by atoms with E-state index >= 15 is 0 Å². The number of hydroxylamine groups is 1. The molecule has 0 bridgehead atoms. The van der Waals surface area contributed by atoms with Crippen LogP contribution in [0.25, 0.3) is 5.48 Å². The van der Waals surface area contributed by atoms with Gasteiger partial charge in [-0.15, -0.1) is 6.54 Å². The highest BCUT2D eigenvalue weighted by atomic mass is 35.5. The summed E-state index contributed by atoms with van der Waals surface area (Å²) in [4.78, 5) is 32.3. The van der Waals surface area contributed by atoms with Crippen LogP contribution in [-0.4, -0.2) is 52.3 Å². The van der Waals surface area contributed by atoms with Gasteiger partial charge in [-0.1, -0.05) is 78.9 Å². The van der Waals surface area contributed by atoms with Crippen molar-refractivity contribution >= 4 is 35.1 Å². The van der Waals surface area contributed by atoms with Crippen LogP contribution in [0.5, 0.6) is 5.75 Å². The monoisotopic (exact) mass is 611 g/mol. The summed E-state index contributed by atoms with van der Waals surface area (Å²) in [7, 11) is 0. The highest BCUT2D eigenvalue weighted by Gasteiger charge is 2.45. The fourth-order valence-electron chi connectivity index (χ4n) is 6.09. The van der Waals surface area contributed by atoms with E-state index in [1.807, 2.05) is 41.3 Å². The largest absolute Gasteiger partial charge is 0.534 e. The van der Waals surface area contributed by atoms with E-state index in [9.17, 15) is 14.7 Å². The lowest BCUT2D eigenvalue weighted by Crippen LogP contribution is -2.53. The van der Waals surface area contributed by atoms with Gasteiger partial charge in [0, 0.05) is 21.5 Å². The molecule has 0 spiro atoms. The fourth-order valence-corrected chi connectivity index (χ4v) is 6.61. The Labute approximate surface area is 255 Å². The van der Waals surface area contributed by atoms with Crippen molar-refractivity contribution in [3.05, 3.63) is 105 Å². The van der Waals surface area contributed by atoms with Crippen LogP contribution in [0.2, 0.25) is 10.0 Å². The van der Waals surface area contributed by atoms with E-state index in [0.717, 1.165) is 29.5 Å². The van der Waals surface area contributed by atoms with Crippen LogP contribution in [0.4, 0.5) is 0 Å². The van der Waals surface area contributed by atoms with Crippen molar-refractivity contribution in [1.29, 1.82) is 0 Å². The smallest absolute Gasteiger partial charge is 0.341 e. The lowest BCUT2D eigenvalue weighted by atomic mass is 9.76. The quantitative estimate of drug-likeness (QED) is 0.179. The van der Waals surface area contributed by atoms with E-state index in [4.69, 9.17) is 37.9 Å². The molecule has 0 saturated heterocycles. The van der Waals surface area contributed by atoms with E-state index in [2.05, 4.69) is 5.48 Å². The molecule has 5 rings (SSSR count). The number of rotatable bonds is 11. The van der Waals surface area contributed by atoms with E-state index < -0.39 is 24.7 Å². The molecule has 1 fully saturated rings. The van der Waals surface area contributed by atoms with Gasteiger partial charge in [0.25, 0.3) is 5.91 Å². The van der Waals surface area contributed by atoms with E-state index in [-0.39, 0.29) is 24.5 Å². The molecule has 2 N–H and O–H groups in total. The first-order chi connectivity index (χ1) is 20.3. The number of ether oxygens (including phenoxy) is 1. The first kappa shape index (κ1) is 30.3. The first-order valence-corrected chi connectivity index (χ1v) is 14.9. The summed E-state index contributed by atoms with van der Waals surface area (Å²) in [6.07, 6.45) is 3.17. The van der Waals surface area contributed by atoms with Crippen molar-refractivity contribution in [2.75, 3.05) is 13.2 Å². The minimum absolute atomic E-state index is 0.109. The third-order valence-electron chi connectivity index (χ3n) is 7.95. The number of carbonyl (C=O) groups excluding carboxylic acids is 1. The Balaban J connectivity index is 1.37. The summed E-state index contributed by atoms with van der Waals surface area (Å²) >= 11 is 13.0. The predicted molar refractivity (Wildman–Crippen MR) is 160 cm³/mol. The molecule has 4 atom stereocenters. The summed E-state index contributed by atoms with van der Waals surface area (Å²) in [6.45, 7) is 0.121. The Kier molecular flexibility index (Phi) is 10.0. The molecule has 1 aliphatic heterocycles. The Morgan fingerprint density at radius 2 is 1.81 bits per heavy atom. The third-order valence-corrected chi connectivity index (χ3v) is 8.52. The van der Waals surface area contributed by atoms with Crippen molar-refractivity contribution < 1.29 is 29.4 Å². The number of carboxylic acids is 1. The molecule has 1 heterocycles. The van der Waals surface area contributed by atoms with Gasteiger partial charge < -0.3 is 30.2 Å². The number of carboxylic acid groups (broad SMARTS) is 1. The molecule has 2 aliphatic rings. The normalized spacial score (nSPS) is 22.1. The van der Waals surface area contributed by atoms with Gasteiger partial charge >= 0.3 is 5.97 Å². The summed E-state index contributed by atoms with van der Waals surface area (Å²) < 4.78 is 5.24. The van der Waals surface area contributed by atoms with Gasteiger partial charge in [-0.25, -0.2) is 4.79 Å². The fraction of sp³-hybridized carbons (Fsp3) is 0.375. The average molecular weight is 613 g/mol. The topological polar surface area (TPSA) is 110 Å². The molecule has 10 heteroatoms. The molecule has 8 nitrogen and oxygen atoms in total. The Bertz CT molecular complexity index is 1420. The van der Waals surface area contributed by atoms with Crippen LogP contribution < -0.4 is 4.74 Å². The van der Waals surface area contributed by atoms with Gasteiger partial charge in [0.1, 0.15) is 5.75 Å². The number of aliphatic hydroxyl groups is 1. The van der Waals surface area contributed by atoms with E-state index in [0.29, 0.717) is 47.2 Å². The number of aliphatic carboxylic acids is 1. The lowest BCUT2D eigenvalue weighted by Gasteiger charge is -2.49. The van der Waals surface area contributed by atoms with Gasteiger partial charge in [0.2, 0.25) is 0 Å². The van der Waals surface area contributed by atoms with Crippen molar-refractivity contribution in [3.8, 4) is 5.75 Å². The number of hydrogen-bond donors (Lipinski definition) is 2. The molecule has 42 heavy (non-hydrogen) atoms. The van der Waals surface area contributed by atoms with E-state index in [1.54, 1.807) is 30.3 Å². The lowest BCUT2D eigenvalue weighted by molar-refractivity contribution is -0.139. The number of fused-ring (bicyclic) bond motifs is 1. The highest BCUT2D eigenvalue weighted by molar-refractivity contribution is 6.35. The van der Waals surface area contributed by atoms with Crippen molar-refractivity contribution in [3.63, 3.8) is 0 Å². The number of nitrogens with zero attached hydrogens (tertiary/aromatic N) is 2. The van der Waals surface area contributed by atoms with Crippen LogP contribution in [0.3, 0.4) is 0 Å². The minimum atomic E-state index is -1.05.